The van der Waals surface area contributed by atoms with Crippen LogP contribution in [-0.4, -0.2) is 61.6 Å². The van der Waals surface area contributed by atoms with Crippen molar-refractivity contribution in [3.05, 3.63) is 45.9 Å². The highest BCUT2D eigenvalue weighted by atomic mass is 32.1. The van der Waals surface area contributed by atoms with Gasteiger partial charge in [0.15, 0.2) is 5.96 Å². The first kappa shape index (κ1) is 21.6. The fraction of sp³-hybridized carbons (Fsp3) is 0.545. The van der Waals surface area contributed by atoms with E-state index >= 15 is 0 Å². The van der Waals surface area contributed by atoms with E-state index in [-0.39, 0.29) is 0 Å². The van der Waals surface area contributed by atoms with Crippen molar-refractivity contribution in [1.82, 2.24) is 20.1 Å². The van der Waals surface area contributed by atoms with Gasteiger partial charge in [-0.25, -0.2) is 4.98 Å². The fourth-order valence-electron chi connectivity index (χ4n) is 3.76. The molecule has 6 nitrogen and oxygen atoms in total. The maximum absolute atomic E-state index is 5.24. The molecule has 0 aliphatic carbocycles. The smallest absolute Gasteiger partial charge is 0.193 e. The average molecular weight is 416 g/mol. The molecule has 0 bridgehead atoms. The number of hydrogen-bond donors (Lipinski definition) is 1. The zero-order valence-corrected chi connectivity index (χ0v) is 18.8. The number of likely N-dealkylation sites (tertiary alicyclic amines) is 1. The van der Waals surface area contributed by atoms with Gasteiger partial charge < -0.3 is 15.0 Å². The van der Waals surface area contributed by atoms with Crippen molar-refractivity contribution in [2.24, 2.45) is 10.9 Å². The second-order valence-electron chi connectivity index (χ2n) is 7.71. The van der Waals surface area contributed by atoms with Crippen molar-refractivity contribution in [2.75, 3.05) is 40.8 Å². The van der Waals surface area contributed by atoms with Gasteiger partial charge in [-0.1, -0.05) is 12.1 Å². The molecule has 0 unspecified atom stereocenters. The molecule has 2 heterocycles. The molecule has 7 heteroatoms. The van der Waals surface area contributed by atoms with Gasteiger partial charge in [0.25, 0.3) is 0 Å². The number of rotatable bonds is 7. The maximum Gasteiger partial charge on any atom is 0.193 e. The predicted molar refractivity (Wildman–Crippen MR) is 121 cm³/mol. The lowest BCUT2D eigenvalue weighted by Crippen LogP contribution is -2.43. The van der Waals surface area contributed by atoms with Crippen molar-refractivity contribution < 1.29 is 4.74 Å². The topological polar surface area (TPSA) is 53.0 Å². The van der Waals surface area contributed by atoms with Crippen LogP contribution in [0.25, 0.3) is 0 Å². The molecule has 1 saturated heterocycles. The minimum absolute atomic E-state index is 0.689. The van der Waals surface area contributed by atoms with Crippen molar-refractivity contribution in [1.29, 1.82) is 0 Å². The first-order valence-electron chi connectivity index (χ1n) is 10.3. The van der Waals surface area contributed by atoms with Crippen LogP contribution in [0.1, 0.15) is 29.1 Å². The number of nitrogens with one attached hydrogen (secondary N) is 1. The third-order valence-corrected chi connectivity index (χ3v) is 6.28. The van der Waals surface area contributed by atoms with Gasteiger partial charge in [-0.05, 0) is 56.5 Å². The number of hydrogen-bond acceptors (Lipinski definition) is 5. The van der Waals surface area contributed by atoms with Crippen LogP contribution in [0.4, 0.5) is 0 Å². The molecule has 29 heavy (non-hydrogen) atoms. The van der Waals surface area contributed by atoms with Crippen LogP contribution < -0.4 is 10.1 Å². The number of aliphatic imine (C=N–C) groups is 1. The number of guanidine groups is 1. The minimum Gasteiger partial charge on any atom is -0.497 e. The van der Waals surface area contributed by atoms with Crippen molar-refractivity contribution >= 4 is 17.3 Å². The molecular formula is C22H33N5OS. The SMILES string of the molecule is CN=C(NCC1CCN(Cc2ccc(OC)cc2)CC1)N(C)Cc1csc(C)n1. The summed E-state index contributed by atoms with van der Waals surface area (Å²) in [5, 5.41) is 6.79. The number of ether oxygens (including phenoxy) is 1. The van der Waals surface area contributed by atoms with Crippen LogP contribution in [0.5, 0.6) is 5.75 Å². The number of aromatic nitrogens is 1. The molecule has 0 amide bonds. The van der Waals surface area contributed by atoms with E-state index in [4.69, 9.17) is 4.74 Å². The lowest BCUT2D eigenvalue weighted by molar-refractivity contribution is 0.177. The van der Waals surface area contributed by atoms with Crippen LogP contribution in [-0.2, 0) is 13.1 Å². The molecule has 0 saturated carbocycles. The Labute approximate surface area is 178 Å². The van der Waals surface area contributed by atoms with E-state index in [9.17, 15) is 0 Å². The third kappa shape index (κ3) is 6.44. The fourth-order valence-corrected chi connectivity index (χ4v) is 4.36. The zero-order valence-electron chi connectivity index (χ0n) is 18.0. The van der Waals surface area contributed by atoms with Gasteiger partial charge in [0.05, 0.1) is 24.4 Å². The Morgan fingerprint density at radius 2 is 2.03 bits per heavy atom. The van der Waals surface area contributed by atoms with E-state index < -0.39 is 0 Å². The molecule has 2 aromatic rings. The lowest BCUT2D eigenvalue weighted by Gasteiger charge is -2.33. The predicted octanol–water partition coefficient (Wildman–Crippen LogP) is 3.38. The second kappa shape index (κ2) is 10.6. The molecule has 0 radical (unpaired) electrons. The van der Waals surface area contributed by atoms with Gasteiger partial charge >= 0.3 is 0 Å². The Morgan fingerprint density at radius 1 is 1.31 bits per heavy atom. The van der Waals surface area contributed by atoms with E-state index in [1.54, 1.807) is 18.4 Å². The monoisotopic (exact) mass is 415 g/mol. The first-order valence-corrected chi connectivity index (χ1v) is 11.1. The van der Waals surface area contributed by atoms with Crippen LogP contribution in [0.2, 0.25) is 0 Å². The van der Waals surface area contributed by atoms with Crippen LogP contribution in [0.3, 0.4) is 0 Å². The molecular weight excluding hydrogens is 382 g/mol. The number of aryl methyl sites for hydroxylation is 1. The largest absolute Gasteiger partial charge is 0.497 e. The summed E-state index contributed by atoms with van der Waals surface area (Å²) in [6.45, 7) is 7.10. The molecule has 158 valence electrons. The van der Waals surface area contributed by atoms with E-state index in [0.29, 0.717) is 5.92 Å². The summed E-state index contributed by atoms with van der Waals surface area (Å²) in [7, 11) is 5.63. The number of methoxy groups -OCH3 is 1. The van der Waals surface area contributed by atoms with Gasteiger partial charge in [0, 0.05) is 32.6 Å². The number of nitrogens with zero attached hydrogens (tertiary/aromatic N) is 4. The van der Waals surface area contributed by atoms with E-state index in [2.05, 4.69) is 49.7 Å². The van der Waals surface area contributed by atoms with Gasteiger partial charge in [0.2, 0.25) is 0 Å². The number of benzene rings is 1. The summed E-state index contributed by atoms with van der Waals surface area (Å²) >= 11 is 1.70. The molecule has 1 aliphatic rings. The Bertz CT molecular complexity index is 781. The Kier molecular flexibility index (Phi) is 7.89. The molecule has 1 aromatic heterocycles. The summed E-state index contributed by atoms with van der Waals surface area (Å²) < 4.78 is 5.24. The standard InChI is InChI=1S/C22H33N5OS/c1-17-25-20(16-29-17)15-26(3)22(23-2)24-13-18-9-11-27(12-10-18)14-19-5-7-21(28-4)8-6-19/h5-8,16,18H,9-15H2,1-4H3,(H,23,24). The van der Waals surface area contributed by atoms with Crippen molar-refractivity contribution in [3.8, 4) is 5.75 Å². The highest BCUT2D eigenvalue weighted by Crippen LogP contribution is 2.20. The molecule has 1 N–H and O–H groups in total. The quantitative estimate of drug-likeness (QED) is 0.555. The summed E-state index contributed by atoms with van der Waals surface area (Å²) in [5.41, 5.74) is 2.45. The first-order chi connectivity index (χ1) is 14.1. The normalized spacial score (nSPS) is 16.1. The summed E-state index contributed by atoms with van der Waals surface area (Å²) in [6.07, 6.45) is 2.43. The second-order valence-corrected chi connectivity index (χ2v) is 8.77. The lowest BCUT2D eigenvalue weighted by atomic mass is 9.96. The zero-order chi connectivity index (χ0) is 20.6. The van der Waals surface area contributed by atoms with Gasteiger partial charge in [0.1, 0.15) is 5.75 Å². The van der Waals surface area contributed by atoms with E-state index in [1.165, 1.54) is 18.4 Å². The molecule has 3 rings (SSSR count). The number of thiazole rings is 1. The summed E-state index contributed by atoms with van der Waals surface area (Å²) in [4.78, 5) is 13.7. The van der Waals surface area contributed by atoms with Gasteiger partial charge in [-0.15, -0.1) is 11.3 Å². The molecule has 1 aromatic carbocycles. The molecule has 1 aliphatic heterocycles. The van der Waals surface area contributed by atoms with Crippen molar-refractivity contribution in [2.45, 2.75) is 32.9 Å². The van der Waals surface area contributed by atoms with E-state index in [0.717, 1.165) is 55.1 Å². The number of piperidine rings is 1. The Balaban J connectivity index is 1.40. The Hall–Kier alpha value is -2.12. The van der Waals surface area contributed by atoms with E-state index in [1.807, 2.05) is 26.1 Å². The molecule has 0 spiro atoms. The summed E-state index contributed by atoms with van der Waals surface area (Å²) in [6, 6.07) is 8.41. The highest BCUT2D eigenvalue weighted by molar-refractivity contribution is 7.09. The highest BCUT2D eigenvalue weighted by Gasteiger charge is 2.20. The van der Waals surface area contributed by atoms with Crippen LogP contribution in [0.15, 0.2) is 34.6 Å². The van der Waals surface area contributed by atoms with Gasteiger partial charge in [-0.2, -0.15) is 0 Å². The minimum atomic E-state index is 0.689. The maximum atomic E-state index is 5.24. The summed E-state index contributed by atoms with van der Waals surface area (Å²) in [5.74, 6) is 2.55. The van der Waals surface area contributed by atoms with Crippen LogP contribution in [0, 0.1) is 12.8 Å². The Morgan fingerprint density at radius 3 is 2.62 bits per heavy atom. The third-order valence-electron chi connectivity index (χ3n) is 5.46. The molecule has 0 atom stereocenters. The molecule has 1 fully saturated rings. The van der Waals surface area contributed by atoms with Crippen LogP contribution >= 0.6 is 11.3 Å². The van der Waals surface area contributed by atoms with Gasteiger partial charge in [-0.3, -0.25) is 9.89 Å². The average Bonchev–Trinajstić information content (AvgIpc) is 3.14. The van der Waals surface area contributed by atoms with Crippen molar-refractivity contribution in [3.63, 3.8) is 0 Å².